The van der Waals surface area contributed by atoms with Crippen LogP contribution in [0.4, 0.5) is 0 Å². The Morgan fingerprint density at radius 1 is 1.44 bits per heavy atom. The van der Waals surface area contributed by atoms with Crippen LogP contribution >= 0.6 is 23.2 Å². The Labute approximate surface area is 116 Å². The summed E-state index contributed by atoms with van der Waals surface area (Å²) in [6.07, 6.45) is 3.10. The predicted molar refractivity (Wildman–Crippen MR) is 72.7 cm³/mol. The van der Waals surface area contributed by atoms with Gasteiger partial charge in [0.05, 0.1) is 18.7 Å². The molecule has 0 atom stereocenters. The maximum Gasteiger partial charge on any atom is 0.246 e. The monoisotopic (exact) mass is 285 g/mol. The number of hydrogen-bond acceptors (Lipinski definition) is 2. The van der Waals surface area contributed by atoms with Crippen LogP contribution in [-0.4, -0.2) is 34.6 Å². The first-order valence-corrected chi connectivity index (χ1v) is 6.27. The van der Waals surface area contributed by atoms with Gasteiger partial charge >= 0.3 is 0 Å². The van der Waals surface area contributed by atoms with E-state index in [9.17, 15) is 9.90 Å². The second-order valence-electron chi connectivity index (χ2n) is 4.69. The van der Waals surface area contributed by atoms with Gasteiger partial charge in [0.25, 0.3) is 0 Å². The molecule has 1 aliphatic heterocycles. The van der Waals surface area contributed by atoms with E-state index in [-0.39, 0.29) is 5.91 Å². The van der Waals surface area contributed by atoms with Crippen molar-refractivity contribution in [3.8, 4) is 0 Å². The number of halogens is 2. The molecule has 5 heteroatoms. The Morgan fingerprint density at radius 3 is 2.67 bits per heavy atom. The Hall–Kier alpha value is -1.03. The summed E-state index contributed by atoms with van der Waals surface area (Å²) in [5.41, 5.74) is -0.0109. The molecule has 1 aromatic carbocycles. The van der Waals surface area contributed by atoms with Crippen LogP contribution in [0.3, 0.4) is 0 Å². The molecule has 0 spiro atoms. The van der Waals surface area contributed by atoms with Gasteiger partial charge in [0, 0.05) is 16.1 Å². The summed E-state index contributed by atoms with van der Waals surface area (Å²) in [5, 5.41) is 10.6. The second-order valence-corrected chi connectivity index (χ2v) is 5.53. The van der Waals surface area contributed by atoms with Crippen LogP contribution in [0.15, 0.2) is 24.3 Å². The fourth-order valence-electron chi connectivity index (χ4n) is 1.84. The van der Waals surface area contributed by atoms with Gasteiger partial charge in [-0.05, 0) is 30.7 Å². The summed E-state index contributed by atoms with van der Waals surface area (Å²) >= 11 is 11.8. The van der Waals surface area contributed by atoms with Gasteiger partial charge in [-0.2, -0.15) is 0 Å². The van der Waals surface area contributed by atoms with Gasteiger partial charge in [-0.3, -0.25) is 4.79 Å². The van der Waals surface area contributed by atoms with Gasteiger partial charge in [-0.1, -0.05) is 29.3 Å². The van der Waals surface area contributed by atoms with E-state index in [0.29, 0.717) is 23.1 Å². The largest absolute Gasteiger partial charge is 0.386 e. The Bertz CT molecular complexity index is 504. The van der Waals surface area contributed by atoms with Gasteiger partial charge in [0.1, 0.15) is 0 Å². The van der Waals surface area contributed by atoms with Crippen molar-refractivity contribution in [2.45, 2.75) is 12.5 Å². The zero-order valence-electron chi connectivity index (χ0n) is 9.86. The number of amides is 1. The van der Waals surface area contributed by atoms with Crippen LogP contribution in [0, 0.1) is 0 Å². The fraction of sp³-hybridized carbons (Fsp3) is 0.308. The van der Waals surface area contributed by atoms with Crippen molar-refractivity contribution in [2.24, 2.45) is 0 Å². The Balaban J connectivity index is 2.01. The minimum Gasteiger partial charge on any atom is -0.386 e. The lowest BCUT2D eigenvalue weighted by molar-refractivity contribution is -0.146. The molecule has 0 bridgehead atoms. The van der Waals surface area contributed by atoms with Crippen molar-refractivity contribution in [1.29, 1.82) is 0 Å². The van der Waals surface area contributed by atoms with E-state index in [1.165, 1.54) is 6.08 Å². The highest BCUT2D eigenvalue weighted by Crippen LogP contribution is 2.23. The molecular weight excluding hydrogens is 273 g/mol. The standard InChI is InChI=1S/C13H13Cl2NO2/c1-13(18)7-16(8-13)12(17)5-3-9-2-4-10(14)6-11(9)15/h2-6,18H,7-8H2,1H3. The van der Waals surface area contributed by atoms with Gasteiger partial charge in [-0.15, -0.1) is 0 Å². The van der Waals surface area contributed by atoms with E-state index in [4.69, 9.17) is 23.2 Å². The number of benzene rings is 1. The summed E-state index contributed by atoms with van der Waals surface area (Å²) in [4.78, 5) is 13.3. The molecule has 1 amide bonds. The number of nitrogens with zero attached hydrogens (tertiary/aromatic N) is 1. The number of carbonyl (C=O) groups excluding carboxylic acids is 1. The molecule has 0 radical (unpaired) electrons. The first-order valence-electron chi connectivity index (χ1n) is 5.52. The zero-order chi connectivity index (χ0) is 13.3. The van der Waals surface area contributed by atoms with Gasteiger partial charge in [-0.25, -0.2) is 0 Å². The summed E-state index contributed by atoms with van der Waals surface area (Å²) in [5.74, 6) is -0.132. The van der Waals surface area contributed by atoms with Crippen LogP contribution in [0.1, 0.15) is 12.5 Å². The highest BCUT2D eigenvalue weighted by Gasteiger charge is 2.38. The van der Waals surface area contributed by atoms with E-state index in [1.54, 1.807) is 36.1 Å². The molecule has 0 aliphatic carbocycles. The van der Waals surface area contributed by atoms with Crippen molar-refractivity contribution in [3.63, 3.8) is 0 Å². The lowest BCUT2D eigenvalue weighted by atomic mass is 9.97. The van der Waals surface area contributed by atoms with Crippen LogP contribution in [0.25, 0.3) is 6.08 Å². The van der Waals surface area contributed by atoms with Crippen molar-refractivity contribution < 1.29 is 9.90 Å². The highest BCUT2D eigenvalue weighted by atomic mass is 35.5. The molecule has 96 valence electrons. The van der Waals surface area contributed by atoms with Crippen LogP contribution in [0.2, 0.25) is 10.0 Å². The number of hydrogen-bond donors (Lipinski definition) is 1. The minimum absolute atomic E-state index is 0.132. The van der Waals surface area contributed by atoms with Crippen LogP contribution < -0.4 is 0 Å². The van der Waals surface area contributed by atoms with Gasteiger partial charge in [0.15, 0.2) is 0 Å². The first-order chi connectivity index (χ1) is 8.37. The molecule has 3 nitrogen and oxygen atoms in total. The lowest BCUT2D eigenvalue weighted by Gasteiger charge is -2.43. The molecule has 1 aliphatic rings. The number of carbonyl (C=O) groups is 1. The predicted octanol–water partition coefficient (Wildman–Crippen LogP) is 2.60. The number of aliphatic hydroxyl groups is 1. The highest BCUT2D eigenvalue weighted by molar-refractivity contribution is 6.35. The van der Waals surface area contributed by atoms with E-state index in [2.05, 4.69) is 0 Å². The molecule has 1 heterocycles. The molecule has 1 saturated heterocycles. The van der Waals surface area contributed by atoms with Gasteiger partial charge in [0.2, 0.25) is 5.91 Å². The van der Waals surface area contributed by atoms with E-state index < -0.39 is 5.60 Å². The quantitative estimate of drug-likeness (QED) is 0.849. The van der Waals surface area contributed by atoms with Crippen molar-refractivity contribution >= 4 is 35.2 Å². The van der Waals surface area contributed by atoms with E-state index in [0.717, 1.165) is 5.56 Å². The summed E-state index contributed by atoms with van der Waals surface area (Å²) in [7, 11) is 0. The number of rotatable bonds is 2. The third-order valence-electron chi connectivity index (χ3n) is 2.74. The normalized spacial score (nSPS) is 17.9. The zero-order valence-corrected chi connectivity index (χ0v) is 11.4. The van der Waals surface area contributed by atoms with Crippen LogP contribution in [0.5, 0.6) is 0 Å². The molecule has 0 saturated carbocycles. The average molecular weight is 286 g/mol. The minimum atomic E-state index is -0.749. The molecule has 2 rings (SSSR count). The molecule has 1 N–H and O–H groups in total. The van der Waals surface area contributed by atoms with Crippen LogP contribution in [-0.2, 0) is 4.79 Å². The maximum absolute atomic E-state index is 11.7. The fourth-order valence-corrected chi connectivity index (χ4v) is 2.31. The summed E-state index contributed by atoms with van der Waals surface area (Å²) in [6.45, 7) is 2.44. The number of β-amino-alcohol motifs (C(OH)–C–C–N with tert-alkyl or cyclic N) is 1. The van der Waals surface area contributed by atoms with Crippen molar-refractivity contribution in [1.82, 2.24) is 4.90 Å². The maximum atomic E-state index is 11.7. The molecule has 0 aromatic heterocycles. The van der Waals surface area contributed by atoms with Crippen molar-refractivity contribution in [3.05, 3.63) is 39.9 Å². The third-order valence-corrected chi connectivity index (χ3v) is 3.31. The van der Waals surface area contributed by atoms with Gasteiger partial charge < -0.3 is 10.0 Å². The van der Waals surface area contributed by atoms with E-state index in [1.807, 2.05) is 0 Å². The first kappa shape index (κ1) is 13.4. The average Bonchev–Trinajstić information content (AvgIpc) is 2.24. The smallest absolute Gasteiger partial charge is 0.246 e. The summed E-state index contributed by atoms with van der Waals surface area (Å²) < 4.78 is 0. The lowest BCUT2D eigenvalue weighted by Crippen LogP contribution is -2.61. The van der Waals surface area contributed by atoms with Crippen molar-refractivity contribution in [2.75, 3.05) is 13.1 Å². The number of likely N-dealkylation sites (tertiary alicyclic amines) is 1. The van der Waals surface area contributed by atoms with E-state index >= 15 is 0 Å². The molecule has 1 fully saturated rings. The SMILES string of the molecule is CC1(O)CN(C(=O)C=Cc2ccc(Cl)cc2Cl)C1. The molecule has 18 heavy (non-hydrogen) atoms. The third kappa shape index (κ3) is 3.05. The Morgan fingerprint density at radius 2 is 2.11 bits per heavy atom. The Kier molecular flexibility index (Phi) is 3.66. The topological polar surface area (TPSA) is 40.5 Å². The molecule has 0 unspecified atom stereocenters. The summed E-state index contributed by atoms with van der Waals surface area (Å²) in [6, 6.07) is 5.09. The molecule has 1 aromatic rings. The second kappa shape index (κ2) is 4.92. The molecular formula is C13H13Cl2NO2.